The Hall–Kier alpha value is -2.98. The molecule has 0 spiro atoms. The van der Waals surface area contributed by atoms with Gasteiger partial charge in [0.1, 0.15) is 11.7 Å². The molecule has 1 saturated heterocycles. The molecule has 29 heavy (non-hydrogen) atoms. The Morgan fingerprint density at radius 2 is 2.00 bits per heavy atom. The number of imidazole rings is 1. The van der Waals surface area contributed by atoms with Crippen LogP contribution in [0.2, 0.25) is 0 Å². The van der Waals surface area contributed by atoms with E-state index in [9.17, 15) is 5.26 Å². The molecule has 150 valence electrons. The number of anilines is 1. The smallest absolute Gasteiger partial charge is 0.222 e. The fourth-order valence-corrected chi connectivity index (χ4v) is 4.03. The summed E-state index contributed by atoms with van der Waals surface area (Å²) in [6, 6.07) is 12.2. The van der Waals surface area contributed by atoms with Crippen molar-refractivity contribution in [1.29, 1.82) is 5.26 Å². The molecule has 1 N–H and O–H groups in total. The summed E-state index contributed by atoms with van der Waals surface area (Å²) in [5.41, 5.74) is 2.62. The van der Waals surface area contributed by atoms with E-state index >= 15 is 0 Å². The van der Waals surface area contributed by atoms with E-state index in [0.717, 1.165) is 42.9 Å². The van der Waals surface area contributed by atoms with Gasteiger partial charge in [0.2, 0.25) is 5.95 Å². The summed E-state index contributed by atoms with van der Waals surface area (Å²) in [6.07, 6.45) is 5.41. The minimum atomic E-state index is -0.532. The number of para-hydroxylation sites is 2. The standard InChI is InChI=1S/C22H27N7/c1-2-29-20-9-4-3-8-19(20)26-21(29)17(16-23)18-10-12-25-22(27-18)24-11-7-15-28-13-5-6-14-28/h3-4,8-10,12,17H,2,5-7,11,13-15H2,1H3,(H,24,25,27). The lowest BCUT2D eigenvalue weighted by molar-refractivity contribution is 0.337. The lowest BCUT2D eigenvalue weighted by Crippen LogP contribution is -2.22. The zero-order valence-electron chi connectivity index (χ0n) is 16.9. The molecular weight excluding hydrogens is 362 g/mol. The molecule has 3 aromatic rings. The second kappa shape index (κ2) is 9.01. The molecule has 7 nitrogen and oxygen atoms in total. The number of benzene rings is 1. The maximum absolute atomic E-state index is 9.91. The highest BCUT2D eigenvalue weighted by Crippen LogP contribution is 2.26. The van der Waals surface area contributed by atoms with Crippen LogP contribution in [0.25, 0.3) is 11.0 Å². The molecule has 0 saturated carbocycles. The fourth-order valence-electron chi connectivity index (χ4n) is 4.03. The van der Waals surface area contributed by atoms with Crippen LogP contribution in [0.3, 0.4) is 0 Å². The lowest BCUT2D eigenvalue weighted by Gasteiger charge is -2.15. The maximum atomic E-state index is 9.91. The highest BCUT2D eigenvalue weighted by atomic mass is 15.1. The van der Waals surface area contributed by atoms with E-state index in [-0.39, 0.29) is 0 Å². The first-order chi connectivity index (χ1) is 14.3. The van der Waals surface area contributed by atoms with Crippen molar-refractivity contribution >= 4 is 17.0 Å². The highest BCUT2D eigenvalue weighted by Gasteiger charge is 2.23. The second-order valence-electron chi connectivity index (χ2n) is 7.40. The molecule has 1 aromatic carbocycles. The Morgan fingerprint density at radius 3 is 2.79 bits per heavy atom. The summed E-state index contributed by atoms with van der Waals surface area (Å²) in [6.45, 7) is 7.18. The Bertz CT molecular complexity index is 998. The van der Waals surface area contributed by atoms with Gasteiger partial charge in [0.25, 0.3) is 0 Å². The number of aromatic nitrogens is 4. The van der Waals surface area contributed by atoms with Crippen molar-refractivity contribution in [1.82, 2.24) is 24.4 Å². The van der Waals surface area contributed by atoms with Crippen LogP contribution >= 0.6 is 0 Å². The van der Waals surface area contributed by atoms with Crippen LogP contribution in [0.5, 0.6) is 0 Å². The van der Waals surface area contributed by atoms with E-state index in [0.29, 0.717) is 11.6 Å². The molecule has 1 aliphatic heterocycles. The van der Waals surface area contributed by atoms with E-state index in [2.05, 4.69) is 37.7 Å². The molecule has 2 aromatic heterocycles. The minimum Gasteiger partial charge on any atom is -0.354 e. The van der Waals surface area contributed by atoms with E-state index in [1.165, 1.54) is 25.9 Å². The van der Waals surface area contributed by atoms with E-state index in [1.54, 1.807) is 6.20 Å². The number of likely N-dealkylation sites (tertiary alicyclic amines) is 1. The van der Waals surface area contributed by atoms with Gasteiger partial charge >= 0.3 is 0 Å². The quantitative estimate of drug-likeness (QED) is 0.595. The number of nitriles is 1. The van der Waals surface area contributed by atoms with Gasteiger partial charge in [0.15, 0.2) is 0 Å². The van der Waals surface area contributed by atoms with Crippen molar-refractivity contribution < 1.29 is 0 Å². The van der Waals surface area contributed by atoms with Crippen LogP contribution in [0.4, 0.5) is 5.95 Å². The van der Waals surface area contributed by atoms with Gasteiger partial charge in [-0.25, -0.2) is 15.0 Å². The number of nitrogens with one attached hydrogen (secondary N) is 1. The molecule has 1 unspecified atom stereocenters. The van der Waals surface area contributed by atoms with E-state index in [4.69, 9.17) is 4.98 Å². The molecule has 0 bridgehead atoms. The first-order valence-corrected chi connectivity index (χ1v) is 10.4. The van der Waals surface area contributed by atoms with Gasteiger partial charge in [-0.15, -0.1) is 0 Å². The molecule has 1 aliphatic rings. The number of nitrogens with zero attached hydrogens (tertiary/aromatic N) is 6. The Kier molecular flexibility index (Phi) is 6.01. The average molecular weight is 390 g/mol. The average Bonchev–Trinajstić information content (AvgIpc) is 3.40. The van der Waals surface area contributed by atoms with Crippen molar-refractivity contribution in [3.63, 3.8) is 0 Å². The van der Waals surface area contributed by atoms with Gasteiger partial charge < -0.3 is 14.8 Å². The highest BCUT2D eigenvalue weighted by molar-refractivity contribution is 5.76. The third kappa shape index (κ3) is 4.22. The second-order valence-corrected chi connectivity index (χ2v) is 7.40. The molecular formula is C22H27N7. The Morgan fingerprint density at radius 1 is 1.17 bits per heavy atom. The normalized spacial score (nSPS) is 15.4. The maximum Gasteiger partial charge on any atom is 0.222 e. The molecule has 0 amide bonds. The van der Waals surface area contributed by atoms with Crippen molar-refractivity contribution in [3.05, 3.63) is 48.0 Å². The summed E-state index contributed by atoms with van der Waals surface area (Å²) < 4.78 is 2.09. The monoisotopic (exact) mass is 389 g/mol. The molecule has 3 heterocycles. The third-order valence-electron chi connectivity index (χ3n) is 5.49. The van der Waals surface area contributed by atoms with Crippen LogP contribution in [-0.2, 0) is 6.54 Å². The topological polar surface area (TPSA) is 82.7 Å². The lowest BCUT2D eigenvalue weighted by atomic mass is 10.1. The SMILES string of the molecule is CCn1c(C(C#N)c2ccnc(NCCCN3CCCC3)n2)nc2ccccc21. The van der Waals surface area contributed by atoms with Crippen LogP contribution in [0, 0.1) is 11.3 Å². The molecule has 4 rings (SSSR count). The summed E-state index contributed by atoms with van der Waals surface area (Å²) in [7, 11) is 0. The zero-order valence-corrected chi connectivity index (χ0v) is 16.9. The van der Waals surface area contributed by atoms with Gasteiger partial charge in [-0.2, -0.15) is 5.26 Å². The minimum absolute atomic E-state index is 0.532. The number of hydrogen-bond acceptors (Lipinski definition) is 6. The van der Waals surface area contributed by atoms with Gasteiger partial charge in [-0.3, -0.25) is 0 Å². The zero-order chi connectivity index (χ0) is 20.1. The predicted molar refractivity (Wildman–Crippen MR) is 114 cm³/mol. The van der Waals surface area contributed by atoms with E-state index in [1.807, 2.05) is 30.3 Å². The number of rotatable bonds is 8. The Balaban J connectivity index is 1.49. The largest absolute Gasteiger partial charge is 0.354 e. The number of aryl methyl sites for hydroxylation is 1. The van der Waals surface area contributed by atoms with Crippen LogP contribution in [-0.4, -0.2) is 50.6 Å². The third-order valence-corrected chi connectivity index (χ3v) is 5.49. The first kappa shape index (κ1) is 19.3. The fraction of sp³-hybridized carbons (Fsp3) is 0.455. The van der Waals surface area contributed by atoms with Crippen LogP contribution in [0.15, 0.2) is 36.5 Å². The summed E-state index contributed by atoms with van der Waals surface area (Å²) in [5, 5.41) is 13.2. The first-order valence-electron chi connectivity index (χ1n) is 10.4. The summed E-state index contributed by atoms with van der Waals surface area (Å²) in [5.74, 6) is 0.772. The number of fused-ring (bicyclic) bond motifs is 1. The predicted octanol–water partition coefficient (Wildman–Crippen LogP) is 3.40. The van der Waals surface area contributed by atoms with Crippen molar-refractivity contribution in [2.24, 2.45) is 0 Å². The van der Waals surface area contributed by atoms with Crippen molar-refractivity contribution in [3.8, 4) is 6.07 Å². The van der Waals surface area contributed by atoms with Crippen LogP contribution < -0.4 is 5.32 Å². The molecule has 7 heteroatoms. The Labute approximate surface area is 171 Å². The van der Waals surface area contributed by atoms with Gasteiger partial charge in [0, 0.05) is 19.3 Å². The van der Waals surface area contributed by atoms with Gasteiger partial charge in [-0.05, 0) is 64.0 Å². The molecule has 0 aliphatic carbocycles. The summed E-state index contributed by atoms with van der Waals surface area (Å²) in [4.78, 5) is 16.2. The molecule has 1 fully saturated rings. The molecule has 0 radical (unpaired) electrons. The number of hydrogen-bond donors (Lipinski definition) is 1. The van der Waals surface area contributed by atoms with Crippen molar-refractivity contribution in [2.45, 2.75) is 38.6 Å². The summed E-state index contributed by atoms with van der Waals surface area (Å²) >= 11 is 0. The molecule has 1 atom stereocenters. The van der Waals surface area contributed by atoms with Crippen LogP contribution in [0.1, 0.15) is 43.6 Å². The van der Waals surface area contributed by atoms with Gasteiger partial charge in [0.05, 0.1) is 22.8 Å². The van der Waals surface area contributed by atoms with E-state index < -0.39 is 5.92 Å². The van der Waals surface area contributed by atoms with Gasteiger partial charge in [-0.1, -0.05) is 12.1 Å². The van der Waals surface area contributed by atoms with Crippen molar-refractivity contribution in [2.75, 3.05) is 31.5 Å².